The van der Waals surface area contributed by atoms with Gasteiger partial charge in [-0.1, -0.05) is 13.8 Å². The van der Waals surface area contributed by atoms with Gasteiger partial charge in [-0.2, -0.15) is 0 Å². The van der Waals surface area contributed by atoms with Crippen molar-refractivity contribution in [3.05, 3.63) is 17.7 Å². The predicted octanol–water partition coefficient (Wildman–Crippen LogP) is 1.32. The molecule has 5 heteroatoms. The molecular formula is C13H21N3O2. The van der Waals surface area contributed by atoms with Gasteiger partial charge in [0.25, 0.3) is 0 Å². The zero-order valence-electron chi connectivity index (χ0n) is 11.3. The number of hydrogen-bond donors (Lipinski definition) is 1. The van der Waals surface area contributed by atoms with E-state index in [0.717, 1.165) is 31.0 Å². The number of nitrogens with zero attached hydrogens (tertiary/aromatic N) is 3. The Morgan fingerprint density at radius 3 is 2.89 bits per heavy atom. The molecule has 1 aliphatic rings. The van der Waals surface area contributed by atoms with Gasteiger partial charge in [-0.15, -0.1) is 0 Å². The summed E-state index contributed by atoms with van der Waals surface area (Å²) in [7, 11) is 1.74. The second kappa shape index (κ2) is 5.63. The molecule has 0 radical (unpaired) electrons. The average Bonchev–Trinajstić information content (AvgIpc) is 2.86. The first-order chi connectivity index (χ1) is 8.65. The normalized spacial score (nSPS) is 19.8. The molecule has 0 spiro atoms. The summed E-state index contributed by atoms with van der Waals surface area (Å²) in [6.45, 7) is 5.81. The zero-order chi connectivity index (χ0) is 13.1. The highest BCUT2D eigenvalue weighted by Crippen LogP contribution is 2.25. The molecule has 1 aromatic rings. The summed E-state index contributed by atoms with van der Waals surface area (Å²) < 4.78 is 5.35. The van der Waals surface area contributed by atoms with E-state index < -0.39 is 0 Å². The molecule has 0 aliphatic carbocycles. The van der Waals surface area contributed by atoms with Crippen LogP contribution >= 0.6 is 0 Å². The molecule has 5 nitrogen and oxygen atoms in total. The molecule has 1 unspecified atom stereocenters. The maximum Gasteiger partial charge on any atom is 0.131 e. The van der Waals surface area contributed by atoms with Crippen LogP contribution in [-0.2, 0) is 11.3 Å². The van der Waals surface area contributed by atoms with Gasteiger partial charge < -0.3 is 14.7 Å². The van der Waals surface area contributed by atoms with Crippen molar-refractivity contribution >= 4 is 5.69 Å². The van der Waals surface area contributed by atoms with E-state index in [1.165, 1.54) is 0 Å². The summed E-state index contributed by atoms with van der Waals surface area (Å²) in [6, 6.07) is 0. The molecule has 1 N–H and O–H groups in total. The van der Waals surface area contributed by atoms with Crippen molar-refractivity contribution in [2.24, 2.45) is 0 Å². The summed E-state index contributed by atoms with van der Waals surface area (Å²) in [5.41, 5.74) is 1.65. The highest BCUT2D eigenvalue weighted by atomic mass is 16.5. The van der Waals surface area contributed by atoms with Crippen molar-refractivity contribution in [1.82, 2.24) is 9.97 Å². The lowest BCUT2D eigenvalue weighted by Crippen LogP contribution is -2.24. The van der Waals surface area contributed by atoms with Crippen LogP contribution in [0, 0.1) is 0 Å². The smallest absolute Gasteiger partial charge is 0.131 e. The number of rotatable bonds is 4. The maximum absolute atomic E-state index is 9.46. The maximum atomic E-state index is 9.46. The lowest BCUT2D eigenvalue weighted by molar-refractivity contribution is 0.121. The van der Waals surface area contributed by atoms with Crippen LogP contribution in [0.3, 0.4) is 0 Å². The number of methoxy groups -OCH3 is 1. The topological polar surface area (TPSA) is 58.5 Å². The third-order valence-corrected chi connectivity index (χ3v) is 3.35. The second-order valence-corrected chi connectivity index (χ2v) is 4.97. The number of hydrogen-bond acceptors (Lipinski definition) is 5. The first-order valence-electron chi connectivity index (χ1n) is 6.40. The van der Waals surface area contributed by atoms with Crippen LogP contribution in [0.4, 0.5) is 5.69 Å². The molecule has 0 saturated carbocycles. The van der Waals surface area contributed by atoms with Gasteiger partial charge in [-0.3, -0.25) is 0 Å². The molecule has 18 heavy (non-hydrogen) atoms. The fourth-order valence-electron chi connectivity index (χ4n) is 2.22. The molecule has 0 bridgehead atoms. The zero-order valence-corrected chi connectivity index (χ0v) is 11.3. The van der Waals surface area contributed by atoms with Crippen molar-refractivity contribution in [3.63, 3.8) is 0 Å². The molecule has 0 amide bonds. The van der Waals surface area contributed by atoms with Gasteiger partial charge in [0.05, 0.1) is 30.3 Å². The van der Waals surface area contributed by atoms with Crippen molar-refractivity contribution in [2.45, 2.75) is 38.9 Å². The number of ether oxygens (including phenoxy) is 1. The van der Waals surface area contributed by atoms with Gasteiger partial charge in [-0.25, -0.2) is 9.97 Å². The highest BCUT2D eigenvalue weighted by Gasteiger charge is 2.24. The Kier molecular flexibility index (Phi) is 4.14. The lowest BCUT2D eigenvalue weighted by atomic mass is 10.2. The van der Waals surface area contributed by atoms with Crippen molar-refractivity contribution in [2.75, 3.05) is 25.1 Å². The Morgan fingerprint density at radius 2 is 2.33 bits per heavy atom. The first-order valence-corrected chi connectivity index (χ1v) is 6.40. The monoisotopic (exact) mass is 251 g/mol. The number of aromatic nitrogens is 2. The van der Waals surface area contributed by atoms with Crippen LogP contribution in [0.5, 0.6) is 0 Å². The minimum absolute atomic E-state index is 0.0499. The largest absolute Gasteiger partial charge is 0.390 e. The SMILES string of the molecule is COC1CCN(c2cnc(C(C)C)nc2CO)C1. The lowest BCUT2D eigenvalue weighted by Gasteiger charge is -2.21. The minimum Gasteiger partial charge on any atom is -0.390 e. The van der Waals surface area contributed by atoms with Crippen molar-refractivity contribution < 1.29 is 9.84 Å². The van der Waals surface area contributed by atoms with Crippen LogP contribution in [-0.4, -0.2) is 41.4 Å². The third kappa shape index (κ3) is 2.62. The molecular weight excluding hydrogens is 230 g/mol. The summed E-state index contributed by atoms with van der Waals surface area (Å²) in [5.74, 6) is 1.06. The molecule has 0 aromatic carbocycles. The van der Waals surface area contributed by atoms with E-state index in [2.05, 4.69) is 14.9 Å². The average molecular weight is 251 g/mol. The molecule has 2 heterocycles. The fraction of sp³-hybridized carbons (Fsp3) is 0.692. The standard InChI is InChI=1S/C13H21N3O2/c1-9(2)13-14-6-12(11(8-17)15-13)16-5-4-10(7-16)18-3/h6,9-10,17H,4-5,7-8H2,1-3H3. The Hall–Kier alpha value is -1.20. The van der Waals surface area contributed by atoms with Crippen LogP contribution in [0.15, 0.2) is 6.20 Å². The van der Waals surface area contributed by atoms with Gasteiger partial charge >= 0.3 is 0 Å². The van der Waals surface area contributed by atoms with E-state index in [0.29, 0.717) is 5.69 Å². The summed E-state index contributed by atoms with van der Waals surface area (Å²) >= 11 is 0. The Balaban J connectivity index is 2.23. The van der Waals surface area contributed by atoms with Crippen molar-refractivity contribution in [3.8, 4) is 0 Å². The molecule has 2 rings (SSSR count). The first kappa shape index (κ1) is 13.2. The van der Waals surface area contributed by atoms with E-state index in [1.807, 2.05) is 20.0 Å². The van der Waals surface area contributed by atoms with Crippen LogP contribution in [0.2, 0.25) is 0 Å². The molecule has 1 aliphatic heterocycles. The van der Waals surface area contributed by atoms with Gasteiger partial charge in [0, 0.05) is 26.1 Å². The van der Waals surface area contributed by atoms with Crippen LogP contribution in [0.1, 0.15) is 37.7 Å². The minimum atomic E-state index is -0.0499. The molecule has 1 atom stereocenters. The summed E-state index contributed by atoms with van der Waals surface area (Å²) in [5, 5.41) is 9.46. The van der Waals surface area contributed by atoms with E-state index >= 15 is 0 Å². The number of aliphatic hydroxyl groups excluding tert-OH is 1. The third-order valence-electron chi connectivity index (χ3n) is 3.35. The quantitative estimate of drug-likeness (QED) is 0.874. The van der Waals surface area contributed by atoms with Gasteiger partial charge in [-0.05, 0) is 6.42 Å². The Bertz CT molecular complexity index is 409. The molecule has 1 aromatic heterocycles. The highest BCUT2D eigenvalue weighted by molar-refractivity contribution is 5.50. The summed E-state index contributed by atoms with van der Waals surface area (Å²) in [6.07, 6.45) is 3.10. The van der Waals surface area contributed by atoms with E-state index in [4.69, 9.17) is 4.74 Å². The molecule has 1 fully saturated rings. The van der Waals surface area contributed by atoms with Gasteiger partial charge in [0.2, 0.25) is 0 Å². The Morgan fingerprint density at radius 1 is 1.56 bits per heavy atom. The van der Waals surface area contributed by atoms with Crippen molar-refractivity contribution in [1.29, 1.82) is 0 Å². The Labute approximate surface area is 108 Å². The van der Waals surface area contributed by atoms with E-state index in [-0.39, 0.29) is 18.6 Å². The van der Waals surface area contributed by atoms with Gasteiger partial charge in [0.15, 0.2) is 0 Å². The van der Waals surface area contributed by atoms with Crippen LogP contribution in [0.25, 0.3) is 0 Å². The van der Waals surface area contributed by atoms with E-state index in [9.17, 15) is 5.11 Å². The number of anilines is 1. The predicted molar refractivity (Wildman–Crippen MR) is 69.7 cm³/mol. The van der Waals surface area contributed by atoms with Crippen LogP contribution < -0.4 is 4.90 Å². The fourth-order valence-corrected chi connectivity index (χ4v) is 2.22. The molecule has 1 saturated heterocycles. The molecule has 100 valence electrons. The van der Waals surface area contributed by atoms with E-state index in [1.54, 1.807) is 7.11 Å². The van der Waals surface area contributed by atoms with Gasteiger partial charge in [0.1, 0.15) is 5.82 Å². The number of aliphatic hydroxyl groups is 1. The second-order valence-electron chi connectivity index (χ2n) is 4.97. The summed E-state index contributed by atoms with van der Waals surface area (Å²) in [4.78, 5) is 11.0.